The number of benzene rings is 2. The highest BCUT2D eigenvalue weighted by Gasteiger charge is 2.08. The lowest BCUT2D eigenvalue weighted by molar-refractivity contribution is -0.136. The van der Waals surface area contributed by atoms with Crippen LogP contribution in [-0.4, -0.2) is 11.1 Å². The van der Waals surface area contributed by atoms with Gasteiger partial charge in [-0.2, -0.15) is 0 Å². The summed E-state index contributed by atoms with van der Waals surface area (Å²) in [5.74, 6) is -0.843. The van der Waals surface area contributed by atoms with Gasteiger partial charge in [-0.05, 0) is 45.8 Å². The standard InChI is InChI=1S/C14H11Br2NO2/c15-10-5-6-13(11(16)8-10)17-12-4-2-1-3-9(12)7-14(18)19/h1-6,8,17H,7H2,(H,18,19). The zero-order chi connectivity index (χ0) is 13.8. The van der Waals surface area contributed by atoms with Crippen molar-refractivity contribution >= 4 is 49.2 Å². The van der Waals surface area contributed by atoms with E-state index in [2.05, 4.69) is 37.2 Å². The molecule has 0 unspecified atom stereocenters. The molecule has 0 atom stereocenters. The lowest BCUT2D eigenvalue weighted by Crippen LogP contribution is -2.03. The molecule has 19 heavy (non-hydrogen) atoms. The molecule has 0 amide bonds. The van der Waals surface area contributed by atoms with Gasteiger partial charge in [0.2, 0.25) is 0 Å². The maximum absolute atomic E-state index is 10.8. The van der Waals surface area contributed by atoms with Gasteiger partial charge in [0.1, 0.15) is 0 Å². The van der Waals surface area contributed by atoms with E-state index in [9.17, 15) is 4.79 Å². The topological polar surface area (TPSA) is 49.3 Å². The van der Waals surface area contributed by atoms with E-state index < -0.39 is 5.97 Å². The van der Waals surface area contributed by atoms with Crippen LogP contribution in [0.5, 0.6) is 0 Å². The quantitative estimate of drug-likeness (QED) is 0.810. The Labute approximate surface area is 127 Å². The SMILES string of the molecule is O=C(O)Cc1ccccc1Nc1ccc(Br)cc1Br. The van der Waals surface area contributed by atoms with Crippen LogP contribution < -0.4 is 5.32 Å². The average Bonchev–Trinajstić information content (AvgIpc) is 2.34. The van der Waals surface area contributed by atoms with Crippen LogP contribution in [0.2, 0.25) is 0 Å². The van der Waals surface area contributed by atoms with Crippen molar-refractivity contribution in [3.8, 4) is 0 Å². The van der Waals surface area contributed by atoms with Crippen LogP contribution in [0.1, 0.15) is 5.56 Å². The zero-order valence-corrected chi connectivity index (χ0v) is 13.0. The van der Waals surface area contributed by atoms with E-state index in [1.54, 1.807) is 0 Å². The lowest BCUT2D eigenvalue weighted by Gasteiger charge is -2.12. The van der Waals surface area contributed by atoms with Gasteiger partial charge in [-0.3, -0.25) is 4.79 Å². The van der Waals surface area contributed by atoms with Crippen molar-refractivity contribution in [2.24, 2.45) is 0 Å². The highest BCUT2D eigenvalue weighted by atomic mass is 79.9. The number of aliphatic carboxylic acids is 1. The van der Waals surface area contributed by atoms with Crippen LogP contribution in [0, 0.1) is 0 Å². The number of carboxylic acid groups (broad SMARTS) is 1. The number of hydrogen-bond donors (Lipinski definition) is 2. The number of rotatable bonds is 4. The number of nitrogens with one attached hydrogen (secondary N) is 1. The summed E-state index contributed by atoms with van der Waals surface area (Å²) in [4.78, 5) is 10.8. The fourth-order valence-electron chi connectivity index (χ4n) is 1.70. The Kier molecular flexibility index (Phi) is 4.61. The molecule has 0 saturated heterocycles. The van der Waals surface area contributed by atoms with Crippen LogP contribution in [0.4, 0.5) is 11.4 Å². The van der Waals surface area contributed by atoms with Gasteiger partial charge in [-0.1, -0.05) is 34.1 Å². The van der Waals surface area contributed by atoms with Crippen LogP contribution in [0.3, 0.4) is 0 Å². The number of carbonyl (C=O) groups is 1. The summed E-state index contributed by atoms with van der Waals surface area (Å²) in [7, 11) is 0. The number of hydrogen-bond acceptors (Lipinski definition) is 2. The highest BCUT2D eigenvalue weighted by molar-refractivity contribution is 9.11. The molecule has 0 fully saturated rings. The van der Waals surface area contributed by atoms with Crippen molar-refractivity contribution in [3.63, 3.8) is 0 Å². The number of carboxylic acids is 1. The fraction of sp³-hybridized carbons (Fsp3) is 0.0714. The fourth-order valence-corrected chi connectivity index (χ4v) is 2.84. The third-order valence-corrected chi connectivity index (χ3v) is 3.71. The van der Waals surface area contributed by atoms with Crippen molar-refractivity contribution in [1.82, 2.24) is 0 Å². The van der Waals surface area contributed by atoms with E-state index in [4.69, 9.17) is 5.11 Å². The molecule has 0 aliphatic heterocycles. The molecular weight excluding hydrogens is 374 g/mol. The molecule has 0 aliphatic carbocycles. The van der Waals surface area contributed by atoms with Crippen molar-refractivity contribution in [3.05, 3.63) is 57.0 Å². The van der Waals surface area contributed by atoms with Crippen LogP contribution in [0.15, 0.2) is 51.4 Å². The van der Waals surface area contributed by atoms with Crippen LogP contribution in [-0.2, 0) is 11.2 Å². The number of para-hydroxylation sites is 1. The molecular formula is C14H11Br2NO2. The van der Waals surface area contributed by atoms with E-state index in [0.29, 0.717) is 0 Å². The third kappa shape index (κ3) is 3.81. The van der Waals surface area contributed by atoms with Crippen molar-refractivity contribution in [2.75, 3.05) is 5.32 Å². The predicted octanol–water partition coefficient (Wildman–Crippen LogP) is 4.58. The number of anilines is 2. The second-order valence-electron chi connectivity index (χ2n) is 3.98. The first kappa shape index (κ1) is 14.1. The summed E-state index contributed by atoms with van der Waals surface area (Å²) in [6.45, 7) is 0. The molecule has 0 spiro atoms. The van der Waals surface area contributed by atoms with Crippen LogP contribution >= 0.6 is 31.9 Å². The minimum Gasteiger partial charge on any atom is -0.481 e. The van der Waals surface area contributed by atoms with Gasteiger partial charge >= 0.3 is 5.97 Å². The maximum atomic E-state index is 10.8. The van der Waals surface area contributed by atoms with Gasteiger partial charge in [-0.25, -0.2) is 0 Å². The van der Waals surface area contributed by atoms with Gasteiger partial charge in [0.05, 0.1) is 12.1 Å². The normalized spacial score (nSPS) is 10.2. The summed E-state index contributed by atoms with van der Waals surface area (Å²) in [6.07, 6.45) is -0.00266. The molecule has 98 valence electrons. The van der Waals surface area contributed by atoms with Crippen molar-refractivity contribution in [2.45, 2.75) is 6.42 Å². The van der Waals surface area contributed by atoms with E-state index in [1.807, 2.05) is 42.5 Å². The minimum atomic E-state index is -0.843. The smallest absolute Gasteiger partial charge is 0.307 e. The molecule has 5 heteroatoms. The van der Waals surface area contributed by atoms with Gasteiger partial charge in [0.15, 0.2) is 0 Å². The molecule has 3 nitrogen and oxygen atoms in total. The second-order valence-corrected chi connectivity index (χ2v) is 5.75. The summed E-state index contributed by atoms with van der Waals surface area (Å²) < 4.78 is 1.88. The Morgan fingerprint density at radius 3 is 2.53 bits per heavy atom. The Balaban J connectivity index is 2.30. The Morgan fingerprint density at radius 1 is 1.11 bits per heavy atom. The van der Waals surface area contributed by atoms with Gasteiger partial charge < -0.3 is 10.4 Å². The molecule has 2 N–H and O–H groups in total. The molecule has 0 bridgehead atoms. The first-order valence-corrected chi connectivity index (χ1v) is 7.16. The van der Waals surface area contributed by atoms with Crippen molar-refractivity contribution in [1.29, 1.82) is 0 Å². The minimum absolute atomic E-state index is 0.00266. The van der Waals surface area contributed by atoms with E-state index in [1.165, 1.54) is 0 Å². The highest BCUT2D eigenvalue weighted by Crippen LogP contribution is 2.30. The van der Waals surface area contributed by atoms with Crippen molar-refractivity contribution < 1.29 is 9.90 Å². The average molecular weight is 385 g/mol. The molecule has 2 rings (SSSR count). The molecule has 2 aromatic rings. The van der Waals surface area contributed by atoms with Gasteiger partial charge in [0, 0.05) is 14.6 Å². The molecule has 0 heterocycles. The summed E-state index contributed by atoms with van der Waals surface area (Å²) in [5.41, 5.74) is 2.44. The van der Waals surface area contributed by atoms with E-state index in [-0.39, 0.29) is 6.42 Å². The monoisotopic (exact) mass is 383 g/mol. The lowest BCUT2D eigenvalue weighted by atomic mass is 10.1. The molecule has 0 radical (unpaired) electrons. The summed E-state index contributed by atoms with van der Waals surface area (Å²) in [6, 6.07) is 13.2. The molecule has 0 aromatic heterocycles. The number of halogens is 2. The first-order valence-electron chi connectivity index (χ1n) is 5.58. The van der Waals surface area contributed by atoms with E-state index in [0.717, 1.165) is 25.9 Å². The zero-order valence-electron chi connectivity index (χ0n) is 9.86. The predicted molar refractivity (Wildman–Crippen MR) is 82.9 cm³/mol. The molecule has 2 aromatic carbocycles. The van der Waals surface area contributed by atoms with Crippen LogP contribution in [0.25, 0.3) is 0 Å². The summed E-state index contributed by atoms with van der Waals surface area (Å²) in [5, 5.41) is 12.1. The largest absolute Gasteiger partial charge is 0.481 e. The third-order valence-electron chi connectivity index (χ3n) is 2.56. The van der Waals surface area contributed by atoms with Gasteiger partial charge in [0.25, 0.3) is 0 Å². The Morgan fingerprint density at radius 2 is 1.84 bits per heavy atom. The molecule has 0 saturated carbocycles. The maximum Gasteiger partial charge on any atom is 0.307 e. The van der Waals surface area contributed by atoms with E-state index >= 15 is 0 Å². The Bertz CT molecular complexity index is 614. The first-order chi connectivity index (χ1) is 9.06. The van der Waals surface area contributed by atoms with Gasteiger partial charge in [-0.15, -0.1) is 0 Å². The Hall–Kier alpha value is -1.33. The summed E-state index contributed by atoms with van der Waals surface area (Å²) >= 11 is 6.86. The molecule has 0 aliphatic rings. The second kappa shape index (κ2) is 6.21.